The number of aliphatic carboxylic acids is 2. The van der Waals surface area contributed by atoms with Crippen molar-refractivity contribution in [2.75, 3.05) is 20.4 Å². The molecule has 26 heavy (non-hydrogen) atoms. The molecule has 2 heterocycles. The smallest absolute Gasteiger partial charge is 0.414 e. The highest BCUT2D eigenvalue weighted by Crippen LogP contribution is 2.32. The van der Waals surface area contributed by atoms with Gasteiger partial charge in [0.05, 0.1) is 0 Å². The fourth-order valence-corrected chi connectivity index (χ4v) is 2.28. The van der Waals surface area contributed by atoms with E-state index in [1.54, 1.807) is 0 Å². The molecule has 0 amide bonds. The molecule has 1 aromatic carbocycles. The average Bonchev–Trinajstić information content (AvgIpc) is 3.09. The number of nitrogens with zero attached hydrogens (tertiary/aromatic N) is 2. The number of pyridine rings is 1. The SMILES string of the molecule is CN(CCc1ccccn1)Cc1ccc2c(c1)OCO2.O=C(O)C(=O)O. The standard InChI is InChI=1S/C16H18N2O2.C2H2O4/c1-18(9-7-14-4-2-3-8-17-14)11-13-5-6-15-16(10-13)20-12-19-15;3-1(4)2(5)6/h2-6,8,10H,7,9,11-12H2,1H3;(H,3,4)(H,5,6). The van der Waals surface area contributed by atoms with Crippen molar-refractivity contribution >= 4 is 11.9 Å². The van der Waals surface area contributed by atoms with E-state index in [1.807, 2.05) is 24.4 Å². The maximum Gasteiger partial charge on any atom is 0.414 e. The third-order valence-corrected chi connectivity index (χ3v) is 3.55. The van der Waals surface area contributed by atoms with E-state index in [4.69, 9.17) is 29.3 Å². The molecule has 3 rings (SSSR count). The average molecular weight is 360 g/mol. The number of hydrogen-bond acceptors (Lipinski definition) is 6. The van der Waals surface area contributed by atoms with Gasteiger partial charge in [0.1, 0.15) is 0 Å². The van der Waals surface area contributed by atoms with E-state index in [-0.39, 0.29) is 0 Å². The third kappa shape index (κ3) is 6.06. The van der Waals surface area contributed by atoms with E-state index in [9.17, 15) is 0 Å². The molecular formula is C18H20N2O6. The number of aromatic nitrogens is 1. The van der Waals surface area contributed by atoms with E-state index in [0.717, 1.165) is 36.7 Å². The van der Waals surface area contributed by atoms with Crippen molar-refractivity contribution in [3.8, 4) is 11.5 Å². The second-order valence-electron chi connectivity index (χ2n) is 5.61. The van der Waals surface area contributed by atoms with Crippen molar-refractivity contribution in [3.63, 3.8) is 0 Å². The lowest BCUT2D eigenvalue weighted by molar-refractivity contribution is -0.159. The summed E-state index contributed by atoms with van der Waals surface area (Å²) in [7, 11) is 2.12. The Kier molecular flexibility index (Phi) is 6.92. The Labute approximate surface area is 150 Å². The molecule has 8 heteroatoms. The van der Waals surface area contributed by atoms with Gasteiger partial charge in [0, 0.05) is 31.4 Å². The quantitative estimate of drug-likeness (QED) is 0.775. The summed E-state index contributed by atoms with van der Waals surface area (Å²) < 4.78 is 10.7. The predicted octanol–water partition coefficient (Wildman–Crippen LogP) is 1.64. The molecule has 0 aliphatic carbocycles. The van der Waals surface area contributed by atoms with Crippen molar-refractivity contribution in [3.05, 3.63) is 53.9 Å². The molecule has 0 unspecified atom stereocenters. The van der Waals surface area contributed by atoms with Gasteiger partial charge in [0.15, 0.2) is 11.5 Å². The highest BCUT2D eigenvalue weighted by atomic mass is 16.7. The lowest BCUT2D eigenvalue weighted by Gasteiger charge is -2.16. The van der Waals surface area contributed by atoms with Gasteiger partial charge < -0.3 is 24.6 Å². The van der Waals surface area contributed by atoms with Crippen LogP contribution in [0.2, 0.25) is 0 Å². The van der Waals surface area contributed by atoms with Crippen LogP contribution >= 0.6 is 0 Å². The lowest BCUT2D eigenvalue weighted by Crippen LogP contribution is -2.21. The number of likely N-dealkylation sites (N-methyl/N-ethyl adjacent to an activating group) is 1. The van der Waals surface area contributed by atoms with E-state index in [1.165, 1.54) is 5.56 Å². The van der Waals surface area contributed by atoms with Gasteiger partial charge in [-0.05, 0) is 36.9 Å². The van der Waals surface area contributed by atoms with Crippen LogP contribution in [0.5, 0.6) is 11.5 Å². The molecule has 2 aromatic rings. The Bertz CT molecular complexity index is 739. The zero-order valence-corrected chi connectivity index (χ0v) is 14.3. The summed E-state index contributed by atoms with van der Waals surface area (Å²) in [5, 5.41) is 14.8. The maximum absolute atomic E-state index is 9.10. The number of hydrogen-bond donors (Lipinski definition) is 2. The zero-order chi connectivity index (χ0) is 18.9. The minimum absolute atomic E-state index is 0.328. The number of carboxylic acids is 2. The van der Waals surface area contributed by atoms with Gasteiger partial charge in [-0.3, -0.25) is 4.98 Å². The van der Waals surface area contributed by atoms with Gasteiger partial charge in [-0.2, -0.15) is 0 Å². The van der Waals surface area contributed by atoms with E-state index >= 15 is 0 Å². The van der Waals surface area contributed by atoms with Crippen LogP contribution in [0.1, 0.15) is 11.3 Å². The molecule has 0 saturated heterocycles. The molecule has 0 fully saturated rings. The van der Waals surface area contributed by atoms with E-state index < -0.39 is 11.9 Å². The Morgan fingerprint density at radius 1 is 1.12 bits per heavy atom. The number of fused-ring (bicyclic) bond motifs is 1. The van der Waals surface area contributed by atoms with E-state index in [2.05, 4.69) is 35.1 Å². The van der Waals surface area contributed by atoms with Crippen LogP contribution in [0.3, 0.4) is 0 Å². The summed E-state index contributed by atoms with van der Waals surface area (Å²) >= 11 is 0. The first-order chi connectivity index (χ1) is 12.5. The molecule has 138 valence electrons. The molecule has 0 atom stereocenters. The molecule has 2 N–H and O–H groups in total. The summed E-state index contributed by atoms with van der Waals surface area (Å²) in [6, 6.07) is 12.2. The van der Waals surface area contributed by atoms with Gasteiger partial charge in [-0.15, -0.1) is 0 Å². The van der Waals surface area contributed by atoms with Crippen molar-refractivity contribution < 1.29 is 29.3 Å². The van der Waals surface area contributed by atoms with Crippen LogP contribution in [-0.2, 0) is 22.6 Å². The van der Waals surface area contributed by atoms with Crippen LogP contribution in [0, 0.1) is 0 Å². The van der Waals surface area contributed by atoms with Gasteiger partial charge in [-0.25, -0.2) is 9.59 Å². The fraction of sp³-hybridized carbons (Fsp3) is 0.278. The number of carbonyl (C=O) groups is 2. The van der Waals surface area contributed by atoms with Crippen LogP contribution in [-0.4, -0.2) is 52.4 Å². The lowest BCUT2D eigenvalue weighted by atomic mass is 10.2. The largest absolute Gasteiger partial charge is 0.473 e. The van der Waals surface area contributed by atoms with E-state index in [0.29, 0.717) is 6.79 Å². The fourth-order valence-electron chi connectivity index (χ4n) is 2.28. The topological polar surface area (TPSA) is 109 Å². The first kappa shape index (κ1) is 19.2. The highest BCUT2D eigenvalue weighted by molar-refractivity contribution is 6.27. The highest BCUT2D eigenvalue weighted by Gasteiger charge is 2.13. The molecule has 0 saturated carbocycles. The first-order valence-corrected chi connectivity index (χ1v) is 7.89. The van der Waals surface area contributed by atoms with Crippen molar-refractivity contribution in [1.29, 1.82) is 0 Å². The van der Waals surface area contributed by atoms with Crippen LogP contribution in [0.25, 0.3) is 0 Å². The normalized spacial score (nSPS) is 11.6. The monoisotopic (exact) mass is 360 g/mol. The summed E-state index contributed by atoms with van der Waals surface area (Å²) in [5.41, 5.74) is 2.36. The summed E-state index contributed by atoms with van der Waals surface area (Å²) in [6.07, 6.45) is 2.80. The molecule has 1 aromatic heterocycles. The number of benzene rings is 1. The van der Waals surface area contributed by atoms with Crippen molar-refractivity contribution in [2.45, 2.75) is 13.0 Å². The summed E-state index contributed by atoms with van der Waals surface area (Å²) in [5.74, 6) is -1.96. The van der Waals surface area contributed by atoms with Crippen molar-refractivity contribution in [1.82, 2.24) is 9.88 Å². The Hall–Kier alpha value is -3.13. The predicted molar refractivity (Wildman–Crippen MR) is 92.1 cm³/mol. The molecule has 0 bridgehead atoms. The summed E-state index contributed by atoms with van der Waals surface area (Å²) in [6.45, 7) is 2.20. The van der Waals surface area contributed by atoms with Crippen LogP contribution in [0.4, 0.5) is 0 Å². The zero-order valence-electron chi connectivity index (χ0n) is 14.3. The Morgan fingerprint density at radius 3 is 2.50 bits per heavy atom. The maximum atomic E-state index is 9.10. The molecule has 8 nitrogen and oxygen atoms in total. The van der Waals surface area contributed by atoms with Crippen LogP contribution < -0.4 is 9.47 Å². The molecule has 0 spiro atoms. The number of rotatable bonds is 5. The Morgan fingerprint density at radius 2 is 1.85 bits per heavy atom. The molecule has 1 aliphatic heterocycles. The van der Waals surface area contributed by atoms with Gasteiger partial charge in [-0.1, -0.05) is 12.1 Å². The summed E-state index contributed by atoms with van der Waals surface area (Å²) in [4.78, 5) is 24.8. The molecule has 0 radical (unpaired) electrons. The third-order valence-electron chi connectivity index (χ3n) is 3.55. The Balaban J connectivity index is 0.000000352. The number of ether oxygens (including phenoxy) is 2. The minimum Gasteiger partial charge on any atom is -0.473 e. The van der Waals surface area contributed by atoms with Crippen molar-refractivity contribution in [2.24, 2.45) is 0 Å². The van der Waals surface area contributed by atoms with Crippen LogP contribution in [0.15, 0.2) is 42.6 Å². The second kappa shape index (κ2) is 9.38. The van der Waals surface area contributed by atoms with Gasteiger partial charge >= 0.3 is 11.9 Å². The minimum atomic E-state index is -1.82. The van der Waals surface area contributed by atoms with Gasteiger partial charge in [0.2, 0.25) is 6.79 Å². The molecular weight excluding hydrogens is 340 g/mol. The number of carboxylic acid groups (broad SMARTS) is 2. The molecule has 1 aliphatic rings. The van der Waals surface area contributed by atoms with Gasteiger partial charge in [0.25, 0.3) is 0 Å². The first-order valence-electron chi connectivity index (χ1n) is 7.89. The second-order valence-corrected chi connectivity index (χ2v) is 5.61.